The summed E-state index contributed by atoms with van der Waals surface area (Å²) in [7, 11) is 0. The lowest BCUT2D eigenvalue weighted by Gasteiger charge is -2.23. The van der Waals surface area contributed by atoms with Crippen LogP contribution in [0.5, 0.6) is 5.75 Å². The second-order valence-corrected chi connectivity index (χ2v) is 6.77. The first-order valence-corrected chi connectivity index (χ1v) is 9.21. The van der Waals surface area contributed by atoms with Gasteiger partial charge in [-0.2, -0.15) is 0 Å². The van der Waals surface area contributed by atoms with Gasteiger partial charge in [-0.15, -0.1) is 0 Å². The molecule has 0 saturated carbocycles. The number of amides is 1. The van der Waals surface area contributed by atoms with Crippen molar-refractivity contribution in [1.29, 1.82) is 0 Å². The van der Waals surface area contributed by atoms with E-state index < -0.39 is 12.0 Å². The molecule has 0 aliphatic heterocycles. The van der Waals surface area contributed by atoms with Gasteiger partial charge in [0.2, 0.25) is 0 Å². The lowest BCUT2D eigenvalue weighted by molar-refractivity contribution is 0.0995. The Morgan fingerprint density at radius 3 is 2.67 bits per heavy atom. The Bertz CT molecular complexity index is 976. The molecule has 0 aliphatic rings. The average Bonchev–Trinajstić information content (AvgIpc) is 2.68. The standard InChI is InChI=1S/C21H18Cl2N2O2/c1-2-13-6-3-4-7-15(13)20(19-16(21(24)26)8-5-11-25-19)27-18-12-14(22)9-10-17(18)23/h3-12,20H,2H2,1H3,(H2,24,26). The van der Waals surface area contributed by atoms with Gasteiger partial charge in [-0.25, -0.2) is 0 Å². The predicted molar refractivity (Wildman–Crippen MR) is 108 cm³/mol. The van der Waals surface area contributed by atoms with E-state index in [2.05, 4.69) is 11.9 Å². The number of carbonyl (C=O) groups excluding carboxylic acids is 1. The molecule has 0 fully saturated rings. The van der Waals surface area contributed by atoms with Crippen LogP contribution < -0.4 is 10.5 Å². The van der Waals surface area contributed by atoms with E-state index in [1.165, 1.54) is 0 Å². The van der Waals surface area contributed by atoms with Gasteiger partial charge in [0.1, 0.15) is 5.75 Å². The van der Waals surface area contributed by atoms with Gasteiger partial charge in [0, 0.05) is 22.8 Å². The Kier molecular flexibility index (Phi) is 5.99. The Balaban J connectivity index is 2.18. The minimum atomic E-state index is -0.666. The molecule has 1 atom stereocenters. The van der Waals surface area contributed by atoms with Crippen LogP contribution in [-0.2, 0) is 6.42 Å². The zero-order valence-electron chi connectivity index (χ0n) is 14.7. The summed E-state index contributed by atoms with van der Waals surface area (Å²) in [4.78, 5) is 16.4. The third-order valence-corrected chi connectivity index (χ3v) is 4.76. The Hall–Kier alpha value is -2.56. The van der Waals surface area contributed by atoms with Crippen molar-refractivity contribution in [2.24, 2.45) is 5.73 Å². The van der Waals surface area contributed by atoms with E-state index >= 15 is 0 Å². The highest BCUT2D eigenvalue weighted by atomic mass is 35.5. The van der Waals surface area contributed by atoms with Crippen LogP contribution in [0.25, 0.3) is 0 Å². The highest BCUT2D eigenvalue weighted by molar-refractivity contribution is 6.34. The molecule has 6 heteroatoms. The summed E-state index contributed by atoms with van der Waals surface area (Å²) in [6, 6.07) is 16.1. The van der Waals surface area contributed by atoms with Crippen LogP contribution in [0.2, 0.25) is 10.0 Å². The van der Waals surface area contributed by atoms with Gasteiger partial charge in [0.05, 0.1) is 16.3 Å². The number of hydrogen-bond donors (Lipinski definition) is 1. The molecule has 0 spiro atoms. The first-order chi connectivity index (χ1) is 13.0. The van der Waals surface area contributed by atoms with E-state index in [9.17, 15) is 4.79 Å². The summed E-state index contributed by atoms with van der Waals surface area (Å²) in [5.41, 5.74) is 8.25. The number of aryl methyl sites for hydroxylation is 1. The van der Waals surface area contributed by atoms with E-state index in [1.807, 2.05) is 24.3 Å². The molecule has 1 unspecified atom stereocenters. The summed E-state index contributed by atoms with van der Waals surface area (Å²) in [6.45, 7) is 2.05. The van der Waals surface area contributed by atoms with E-state index in [0.717, 1.165) is 17.5 Å². The Morgan fingerprint density at radius 2 is 1.93 bits per heavy atom. The van der Waals surface area contributed by atoms with Crippen molar-refractivity contribution in [2.75, 3.05) is 0 Å². The first-order valence-electron chi connectivity index (χ1n) is 8.45. The van der Waals surface area contributed by atoms with Crippen molar-refractivity contribution in [1.82, 2.24) is 4.98 Å². The number of primary amides is 1. The number of nitrogens with two attached hydrogens (primary N) is 1. The van der Waals surface area contributed by atoms with E-state index in [0.29, 0.717) is 27.1 Å². The molecular weight excluding hydrogens is 383 g/mol. The molecule has 0 saturated heterocycles. The molecule has 0 bridgehead atoms. The third kappa shape index (κ3) is 4.24. The van der Waals surface area contributed by atoms with Crippen LogP contribution in [-0.4, -0.2) is 10.9 Å². The molecule has 2 N–H and O–H groups in total. The monoisotopic (exact) mass is 400 g/mol. The van der Waals surface area contributed by atoms with E-state index in [1.54, 1.807) is 36.5 Å². The molecule has 1 heterocycles. The van der Waals surface area contributed by atoms with Gasteiger partial charge >= 0.3 is 0 Å². The molecule has 4 nitrogen and oxygen atoms in total. The molecule has 0 aliphatic carbocycles. The summed E-state index contributed by atoms with van der Waals surface area (Å²) >= 11 is 12.4. The number of carbonyl (C=O) groups is 1. The van der Waals surface area contributed by atoms with Gasteiger partial charge in [-0.3, -0.25) is 9.78 Å². The Morgan fingerprint density at radius 1 is 1.15 bits per heavy atom. The Labute approximate surface area is 167 Å². The third-order valence-electron chi connectivity index (χ3n) is 4.21. The van der Waals surface area contributed by atoms with E-state index in [-0.39, 0.29) is 0 Å². The number of hydrogen-bond acceptors (Lipinski definition) is 3. The maximum atomic E-state index is 12.0. The maximum Gasteiger partial charge on any atom is 0.250 e. The molecule has 1 amide bonds. The summed E-state index contributed by atoms with van der Waals surface area (Å²) in [5.74, 6) is -0.168. The summed E-state index contributed by atoms with van der Waals surface area (Å²) in [5, 5.41) is 0.906. The van der Waals surface area contributed by atoms with Crippen molar-refractivity contribution in [2.45, 2.75) is 19.4 Å². The van der Waals surface area contributed by atoms with Gasteiger partial charge in [-0.05, 0) is 36.2 Å². The van der Waals surface area contributed by atoms with Crippen LogP contribution in [0.4, 0.5) is 0 Å². The van der Waals surface area contributed by atoms with Gasteiger partial charge in [0.15, 0.2) is 6.10 Å². The predicted octanol–water partition coefficient (Wildman–Crippen LogP) is 5.22. The lowest BCUT2D eigenvalue weighted by atomic mass is 9.95. The van der Waals surface area contributed by atoms with Gasteiger partial charge < -0.3 is 10.5 Å². The highest BCUT2D eigenvalue weighted by Crippen LogP contribution is 2.36. The zero-order valence-corrected chi connectivity index (χ0v) is 16.2. The lowest BCUT2D eigenvalue weighted by Crippen LogP contribution is -2.21. The molecule has 0 radical (unpaired) electrons. The second-order valence-electron chi connectivity index (χ2n) is 5.93. The number of pyridine rings is 1. The SMILES string of the molecule is CCc1ccccc1C(Oc1cc(Cl)ccc1Cl)c1ncccc1C(N)=O. The van der Waals surface area contributed by atoms with Crippen LogP contribution in [0, 0.1) is 0 Å². The highest BCUT2D eigenvalue weighted by Gasteiger charge is 2.25. The van der Waals surface area contributed by atoms with Crippen LogP contribution in [0.1, 0.15) is 40.2 Å². The van der Waals surface area contributed by atoms with E-state index in [4.69, 9.17) is 33.7 Å². The number of halogens is 2. The zero-order chi connectivity index (χ0) is 19.4. The fraction of sp³-hybridized carbons (Fsp3) is 0.143. The largest absolute Gasteiger partial charge is 0.478 e. The van der Waals surface area contributed by atoms with Crippen LogP contribution in [0.3, 0.4) is 0 Å². The summed E-state index contributed by atoms with van der Waals surface area (Å²) in [6.07, 6.45) is 1.73. The molecule has 3 rings (SSSR count). The number of nitrogens with zero attached hydrogens (tertiary/aromatic N) is 1. The van der Waals surface area contributed by atoms with Crippen molar-refractivity contribution >= 4 is 29.1 Å². The molecule has 27 heavy (non-hydrogen) atoms. The van der Waals surface area contributed by atoms with Crippen LogP contribution in [0.15, 0.2) is 60.8 Å². The second kappa shape index (κ2) is 8.42. The summed E-state index contributed by atoms with van der Waals surface area (Å²) < 4.78 is 6.24. The molecule has 3 aromatic rings. The molecular formula is C21H18Cl2N2O2. The van der Waals surface area contributed by atoms with Gasteiger partial charge in [0.25, 0.3) is 5.91 Å². The fourth-order valence-electron chi connectivity index (χ4n) is 2.91. The molecule has 138 valence electrons. The average molecular weight is 401 g/mol. The first kappa shape index (κ1) is 19.2. The van der Waals surface area contributed by atoms with Crippen molar-refractivity contribution < 1.29 is 9.53 Å². The number of ether oxygens (including phenoxy) is 1. The smallest absolute Gasteiger partial charge is 0.250 e. The molecule has 2 aromatic carbocycles. The van der Waals surface area contributed by atoms with Crippen molar-refractivity contribution in [3.8, 4) is 5.75 Å². The normalized spacial score (nSPS) is 11.8. The van der Waals surface area contributed by atoms with Crippen molar-refractivity contribution in [3.63, 3.8) is 0 Å². The number of aromatic nitrogens is 1. The quantitative estimate of drug-likeness (QED) is 0.616. The topological polar surface area (TPSA) is 65.2 Å². The maximum absolute atomic E-state index is 12.0. The molecule has 1 aromatic heterocycles. The van der Waals surface area contributed by atoms with Gasteiger partial charge in [-0.1, -0.05) is 54.4 Å². The number of rotatable bonds is 6. The minimum absolute atomic E-state index is 0.298. The number of benzene rings is 2. The van der Waals surface area contributed by atoms with Crippen molar-refractivity contribution in [3.05, 3.63) is 93.2 Å². The minimum Gasteiger partial charge on any atom is -0.478 e. The fourth-order valence-corrected chi connectivity index (χ4v) is 3.23. The van der Waals surface area contributed by atoms with Crippen LogP contribution >= 0.6 is 23.2 Å².